The number of para-hydroxylation sites is 2. The molecule has 0 saturated heterocycles. The number of hydrogen-bond donors (Lipinski definition) is 2. The molecule has 2 aliphatic rings. The highest BCUT2D eigenvalue weighted by Crippen LogP contribution is 2.45. The average Bonchev–Trinajstić information content (AvgIpc) is 3.36. The lowest BCUT2D eigenvalue weighted by Gasteiger charge is -2.35. The molecule has 3 N–H and O–H groups in total. The molecule has 2 aromatic heterocycles. The number of benzene rings is 2. The molecule has 0 radical (unpaired) electrons. The highest BCUT2D eigenvalue weighted by molar-refractivity contribution is 5.85. The Hall–Kier alpha value is -4.08. The third-order valence-electron chi connectivity index (χ3n) is 7.38. The normalized spacial score (nSPS) is 14.9. The summed E-state index contributed by atoms with van der Waals surface area (Å²) in [6.45, 7) is 2.17. The molecule has 2 aromatic carbocycles. The molecule has 1 atom stereocenters. The highest BCUT2D eigenvalue weighted by atomic mass is 35.5. The second-order valence-corrected chi connectivity index (χ2v) is 9.69. The monoisotopic (exact) mass is 580 g/mol. The molecule has 208 valence electrons. The number of carbonyl (C=O) groups is 1. The molecule has 0 bridgehead atoms. The number of pyridine rings is 1. The zero-order chi connectivity index (χ0) is 26.4. The maximum Gasteiger partial charge on any atom is 0.294 e. The van der Waals surface area contributed by atoms with Crippen LogP contribution in [0.2, 0.25) is 0 Å². The predicted octanol–water partition coefficient (Wildman–Crippen LogP) is 4.51. The van der Waals surface area contributed by atoms with Gasteiger partial charge in [-0.3, -0.25) is 14.2 Å². The van der Waals surface area contributed by atoms with Crippen LogP contribution in [0.25, 0.3) is 0 Å². The minimum Gasteiger partial charge on any atom is -0.457 e. The van der Waals surface area contributed by atoms with Crippen molar-refractivity contribution >= 4 is 42.4 Å². The number of nitrogen functional groups attached to an aromatic ring is 1. The van der Waals surface area contributed by atoms with Crippen LogP contribution in [0.4, 0.5) is 11.6 Å². The van der Waals surface area contributed by atoms with Gasteiger partial charge in [-0.25, -0.2) is 9.97 Å². The summed E-state index contributed by atoms with van der Waals surface area (Å²) in [4.78, 5) is 37.8. The van der Waals surface area contributed by atoms with Crippen LogP contribution < -0.4 is 26.2 Å². The van der Waals surface area contributed by atoms with Gasteiger partial charge in [-0.1, -0.05) is 42.5 Å². The number of hydrogen-bond acceptors (Lipinski definition) is 7. The number of nitrogens with zero attached hydrogens (tertiary/aromatic N) is 4. The van der Waals surface area contributed by atoms with Crippen molar-refractivity contribution in [2.24, 2.45) is 0 Å². The highest BCUT2D eigenvalue weighted by Gasteiger charge is 2.35. The maximum atomic E-state index is 13.9. The molecule has 4 aromatic rings. The summed E-state index contributed by atoms with van der Waals surface area (Å²) >= 11 is 0. The molecule has 6 rings (SSSR count). The Kier molecular flexibility index (Phi) is 8.37. The molecule has 9 nitrogen and oxygen atoms in total. The number of ether oxygens (including phenoxy) is 1. The van der Waals surface area contributed by atoms with E-state index in [0.717, 1.165) is 39.6 Å². The third-order valence-corrected chi connectivity index (χ3v) is 7.38. The Balaban J connectivity index is 0.00000185. The van der Waals surface area contributed by atoms with Gasteiger partial charge in [-0.15, -0.1) is 24.8 Å². The molecular weight excluding hydrogens is 551 g/mol. The standard InChI is InChI=1S/C29H28N6O3.2ClH/c1-17-18(11-14-25(30)33-17)15-32-28(36)22-13-12-19-16-31-27(29(37)35(19)22)34(2)26-20-7-3-5-9-23(20)38-24-10-6-4-8-21(24)26;;/h3-11,14,16,22,26H,12-13,15H2,1-2H3,(H2,30,33)(H,32,36);2*1H/t22-;;/m0../s1. The fraction of sp³-hybridized carbons (Fsp3) is 0.241. The summed E-state index contributed by atoms with van der Waals surface area (Å²) in [7, 11) is 1.86. The van der Waals surface area contributed by atoms with Gasteiger partial charge in [-0.05, 0) is 43.5 Å². The van der Waals surface area contributed by atoms with Gasteiger partial charge in [0.1, 0.15) is 23.4 Å². The summed E-state index contributed by atoms with van der Waals surface area (Å²) in [5, 5.41) is 2.98. The van der Waals surface area contributed by atoms with Crippen molar-refractivity contribution in [3.63, 3.8) is 0 Å². The van der Waals surface area contributed by atoms with Crippen LogP contribution in [0.3, 0.4) is 0 Å². The smallest absolute Gasteiger partial charge is 0.294 e. The first-order valence-corrected chi connectivity index (χ1v) is 12.6. The fourth-order valence-corrected chi connectivity index (χ4v) is 5.44. The quantitative estimate of drug-likeness (QED) is 0.357. The van der Waals surface area contributed by atoms with Gasteiger partial charge in [0.15, 0.2) is 5.82 Å². The van der Waals surface area contributed by atoms with E-state index in [0.29, 0.717) is 25.2 Å². The van der Waals surface area contributed by atoms with E-state index in [4.69, 9.17) is 10.5 Å². The lowest BCUT2D eigenvalue weighted by atomic mass is 9.93. The van der Waals surface area contributed by atoms with Gasteiger partial charge in [0.2, 0.25) is 5.91 Å². The van der Waals surface area contributed by atoms with Crippen LogP contribution in [0.15, 0.2) is 71.7 Å². The van der Waals surface area contributed by atoms with E-state index in [1.165, 1.54) is 0 Å². The minimum absolute atomic E-state index is 0. The first-order valence-electron chi connectivity index (χ1n) is 12.6. The topological polar surface area (TPSA) is 115 Å². The maximum absolute atomic E-state index is 13.9. The fourth-order valence-electron chi connectivity index (χ4n) is 5.44. The van der Waals surface area contributed by atoms with E-state index < -0.39 is 6.04 Å². The van der Waals surface area contributed by atoms with Gasteiger partial charge >= 0.3 is 0 Å². The molecular formula is C29H30Cl2N6O3. The van der Waals surface area contributed by atoms with Crippen LogP contribution in [0, 0.1) is 6.92 Å². The minimum atomic E-state index is -0.607. The van der Waals surface area contributed by atoms with Crippen LogP contribution in [-0.2, 0) is 17.8 Å². The predicted molar refractivity (Wildman–Crippen MR) is 159 cm³/mol. The molecule has 1 amide bonds. The Morgan fingerprint density at radius 3 is 2.38 bits per heavy atom. The molecule has 0 aliphatic carbocycles. The van der Waals surface area contributed by atoms with Crippen LogP contribution in [0.1, 0.15) is 46.6 Å². The van der Waals surface area contributed by atoms with Crippen molar-refractivity contribution in [2.45, 2.75) is 38.4 Å². The number of anilines is 2. The van der Waals surface area contributed by atoms with E-state index >= 15 is 0 Å². The first kappa shape index (κ1) is 28.9. The number of carbonyl (C=O) groups excluding carboxylic acids is 1. The number of nitrogens with two attached hydrogens (primary N) is 1. The molecule has 0 saturated carbocycles. The summed E-state index contributed by atoms with van der Waals surface area (Å²) < 4.78 is 7.73. The molecule has 0 unspecified atom stereocenters. The van der Waals surface area contributed by atoms with E-state index in [-0.39, 0.29) is 48.1 Å². The number of rotatable bonds is 5. The second kappa shape index (κ2) is 11.6. The first-order chi connectivity index (χ1) is 18.4. The number of aromatic nitrogens is 3. The summed E-state index contributed by atoms with van der Waals surface area (Å²) in [5.41, 5.74) is 9.75. The molecule has 2 aliphatic heterocycles. The lowest BCUT2D eigenvalue weighted by molar-refractivity contribution is -0.124. The van der Waals surface area contributed by atoms with E-state index in [2.05, 4.69) is 15.3 Å². The van der Waals surface area contributed by atoms with Gasteiger partial charge in [0, 0.05) is 42.3 Å². The Bertz CT molecular complexity index is 1580. The summed E-state index contributed by atoms with van der Waals surface area (Å²) in [5.74, 6) is 2.00. The van der Waals surface area contributed by atoms with Gasteiger partial charge in [0.05, 0.1) is 6.04 Å². The number of nitrogens with one attached hydrogen (secondary N) is 1. The van der Waals surface area contributed by atoms with E-state index in [1.54, 1.807) is 16.8 Å². The number of aryl methyl sites for hydroxylation is 2. The SMILES string of the molecule is Cc1nc(N)ccc1CNC(=O)[C@@H]1CCc2cnc(N(C)C3c4ccccc4Oc4ccccc43)c(=O)n21.Cl.Cl. The Morgan fingerprint density at radius 1 is 1.07 bits per heavy atom. The van der Waals surface area contributed by atoms with Crippen LogP contribution in [0.5, 0.6) is 11.5 Å². The zero-order valence-electron chi connectivity index (χ0n) is 22.0. The molecule has 0 spiro atoms. The lowest BCUT2D eigenvalue weighted by Crippen LogP contribution is -2.39. The van der Waals surface area contributed by atoms with Crippen molar-refractivity contribution in [1.82, 2.24) is 19.9 Å². The van der Waals surface area contributed by atoms with E-state index in [1.807, 2.05) is 73.5 Å². The van der Waals surface area contributed by atoms with Crippen molar-refractivity contribution in [3.8, 4) is 11.5 Å². The Labute approximate surface area is 244 Å². The average molecular weight is 582 g/mol. The largest absolute Gasteiger partial charge is 0.457 e. The molecule has 4 heterocycles. The second-order valence-electron chi connectivity index (χ2n) is 9.69. The van der Waals surface area contributed by atoms with Gasteiger partial charge in [0.25, 0.3) is 5.56 Å². The number of halogens is 2. The van der Waals surface area contributed by atoms with Crippen molar-refractivity contribution < 1.29 is 9.53 Å². The van der Waals surface area contributed by atoms with Crippen molar-refractivity contribution in [2.75, 3.05) is 17.7 Å². The molecule has 40 heavy (non-hydrogen) atoms. The summed E-state index contributed by atoms with van der Waals surface area (Å²) in [6, 6.07) is 18.3. The Morgan fingerprint density at radius 2 is 1.73 bits per heavy atom. The summed E-state index contributed by atoms with van der Waals surface area (Å²) in [6.07, 6.45) is 2.86. The number of amides is 1. The third kappa shape index (κ3) is 4.98. The van der Waals surface area contributed by atoms with Gasteiger partial charge in [-0.2, -0.15) is 0 Å². The number of fused-ring (bicyclic) bond motifs is 3. The van der Waals surface area contributed by atoms with Crippen LogP contribution in [-0.4, -0.2) is 27.5 Å². The van der Waals surface area contributed by atoms with Crippen LogP contribution >= 0.6 is 24.8 Å². The molecule has 11 heteroatoms. The van der Waals surface area contributed by atoms with Gasteiger partial charge < -0.3 is 20.7 Å². The van der Waals surface area contributed by atoms with E-state index in [9.17, 15) is 9.59 Å². The van der Waals surface area contributed by atoms with Crippen molar-refractivity contribution in [3.05, 3.63) is 105 Å². The molecule has 0 fully saturated rings. The van der Waals surface area contributed by atoms with Crippen molar-refractivity contribution in [1.29, 1.82) is 0 Å². The zero-order valence-corrected chi connectivity index (χ0v) is 23.7.